The van der Waals surface area contributed by atoms with Crippen molar-refractivity contribution >= 4 is 17.7 Å². The van der Waals surface area contributed by atoms with E-state index in [-0.39, 0.29) is 5.91 Å². The number of rotatable bonds is 8. The summed E-state index contributed by atoms with van der Waals surface area (Å²) in [7, 11) is 0. The number of nitrogens with one attached hydrogen (secondary N) is 1. The lowest BCUT2D eigenvalue weighted by Gasteiger charge is -2.22. The number of hydrogen-bond acceptors (Lipinski definition) is 4. The summed E-state index contributed by atoms with van der Waals surface area (Å²) in [6, 6.07) is 10.0. The highest BCUT2D eigenvalue weighted by Crippen LogP contribution is 2.30. The van der Waals surface area contributed by atoms with E-state index < -0.39 is 6.10 Å². The molecule has 1 heterocycles. The maximum absolute atomic E-state index is 12.2. The number of fused-ring (bicyclic) bond motifs is 1. The van der Waals surface area contributed by atoms with E-state index in [1.807, 2.05) is 31.2 Å². The van der Waals surface area contributed by atoms with Crippen molar-refractivity contribution in [3.63, 3.8) is 0 Å². The molecule has 1 N–H and O–H groups in total. The Morgan fingerprint density at radius 1 is 1.28 bits per heavy atom. The van der Waals surface area contributed by atoms with Crippen LogP contribution in [0, 0.1) is 0 Å². The zero-order chi connectivity index (χ0) is 17.5. The van der Waals surface area contributed by atoms with E-state index in [0.29, 0.717) is 6.54 Å². The standard InChI is InChI=1S/C20H25NO3S/c1-15(20(22)21-11-13-25-14-17-8-5-12-23-17)24-19-10-4-7-16-6-2-3-9-18(16)19/h4-5,7-8,10,12,15H,2-3,6,9,11,13-14H2,1H3,(H,21,22)/t15-/m0/s1. The molecule has 0 aliphatic heterocycles. The molecule has 0 spiro atoms. The van der Waals surface area contributed by atoms with Gasteiger partial charge in [0.05, 0.1) is 12.0 Å². The lowest BCUT2D eigenvalue weighted by atomic mass is 9.91. The molecule has 4 nitrogen and oxygen atoms in total. The number of hydrogen-bond donors (Lipinski definition) is 1. The van der Waals surface area contributed by atoms with E-state index in [2.05, 4.69) is 11.4 Å². The number of carbonyl (C=O) groups is 1. The van der Waals surface area contributed by atoms with E-state index in [9.17, 15) is 4.79 Å². The molecule has 1 aliphatic carbocycles. The van der Waals surface area contributed by atoms with E-state index >= 15 is 0 Å². The molecule has 3 rings (SSSR count). The van der Waals surface area contributed by atoms with E-state index in [1.165, 1.54) is 24.0 Å². The fraction of sp³-hybridized carbons (Fsp3) is 0.450. The summed E-state index contributed by atoms with van der Waals surface area (Å²) >= 11 is 1.74. The van der Waals surface area contributed by atoms with Crippen molar-refractivity contribution in [3.8, 4) is 5.75 Å². The van der Waals surface area contributed by atoms with Gasteiger partial charge in [-0.05, 0) is 61.9 Å². The number of benzene rings is 1. The van der Waals surface area contributed by atoms with Crippen LogP contribution >= 0.6 is 11.8 Å². The molecule has 0 saturated heterocycles. The molecule has 25 heavy (non-hydrogen) atoms. The molecule has 0 saturated carbocycles. The highest BCUT2D eigenvalue weighted by molar-refractivity contribution is 7.98. The first-order valence-electron chi connectivity index (χ1n) is 8.89. The SMILES string of the molecule is C[C@H](Oc1cccc2c1CCCC2)C(=O)NCCSCc1ccco1. The molecule has 0 fully saturated rings. The largest absolute Gasteiger partial charge is 0.481 e. The van der Waals surface area contributed by atoms with Crippen molar-refractivity contribution in [1.29, 1.82) is 0 Å². The first kappa shape index (κ1) is 17.9. The summed E-state index contributed by atoms with van der Waals surface area (Å²) in [6.45, 7) is 2.44. The van der Waals surface area contributed by atoms with Crippen molar-refractivity contribution in [1.82, 2.24) is 5.32 Å². The van der Waals surface area contributed by atoms with Gasteiger partial charge in [0.1, 0.15) is 11.5 Å². The summed E-state index contributed by atoms with van der Waals surface area (Å²) in [4.78, 5) is 12.2. The number of ether oxygens (including phenoxy) is 1. The Kier molecular flexibility index (Phi) is 6.45. The monoisotopic (exact) mass is 359 g/mol. The minimum atomic E-state index is -0.483. The third-order valence-corrected chi connectivity index (χ3v) is 5.38. The molecular weight excluding hydrogens is 334 g/mol. The second-order valence-corrected chi connectivity index (χ2v) is 7.39. The van der Waals surface area contributed by atoms with Crippen LogP contribution < -0.4 is 10.1 Å². The van der Waals surface area contributed by atoms with E-state index in [4.69, 9.17) is 9.15 Å². The van der Waals surface area contributed by atoms with Crippen molar-refractivity contribution in [2.24, 2.45) is 0 Å². The summed E-state index contributed by atoms with van der Waals surface area (Å²) in [5, 5.41) is 2.95. The minimum Gasteiger partial charge on any atom is -0.481 e. The highest BCUT2D eigenvalue weighted by atomic mass is 32.2. The molecule has 1 aromatic carbocycles. The van der Waals surface area contributed by atoms with E-state index in [1.54, 1.807) is 18.0 Å². The van der Waals surface area contributed by atoms with Gasteiger partial charge in [-0.3, -0.25) is 4.79 Å². The Morgan fingerprint density at radius 2 is 2.16 bits per heavy atom. The van der Waals surface area contributed by atoms with Crippen molar-refractivity contribution in [3.05, 3.63) is 53.5 Å². The predicted octanol–water partition coefficient (Wildman–Crippen LogP) is 3.98. The van der Waals surface area contributed by atoms with Crippen LogP contribution in [0.1, 0.15) is 36.7 Å². The zero-order valence-corrected chi connectivity index (χ0v) is 15.4. The number of aryl methyl sites for hydroxylation is 1. The topological polar surface area (TPSA) is 51.5 Å². The smallest absolute Gasteiger partial charge is 0.260 e. The summed E-state index contributed by atoms with van der Waals surface area (Å²) < 4.78 is 11.2. The van der Waals surface area contributed by atoms with Crippen LogP contribution in [0.5, 0.6) is 5.75 Å². The normalized spacial score (nSPS) is 14.6. The molecular formula is C20H25NO3S. The van der Waals surface area contributed by atoms with Gasteiger partial charge in [-0.2, -0.15) is 11.8 Å². The van der Waals surface area contributed by atoms with Crippen LogP contribution in [0.25, 0.3) is 0 Å². The van der Waals surface area contributed by atoms with Gasteiger partial charge >= 0.3 is 0 Å². The fourth-order valence-electron chi connectivity index (χ4n) is 3.06. The molecule has 5 heteroatoms. The minimum absolute atomic E-state index is 0.0630. The zero-order valence-electron chi connectivity index (χ0n) is 14.6. The maximum Gasteiger partial charge on any atom is 0.260 e. The number of furan rings is 1. The number of thioether (sulfide) groups is 1. The average molecular weight is 359 g/mol. The lowest BCUT2D eigenvalue weighted by Crippen LogP contribution is -2.37. The number of carbonyl (C=O) groups excluding carboxylic acids is 1. The Balaban J connectivity index is 1.42. The highest BCUT2D eigenvalue weighted by Gasteiger charge is 2.19. The summed E-state index contributed by atoms with van der Waals surface area (Å²) in [5.74, 6) is 3.44. The molecule has 1 aromatic heterocycles. The Morgan fingerprint density at radius 3 is 3.00 bits per heavy atom. The Labute approximate surface area is 153 Å². The molecule has 2 aromatic rings. The quantitative estimate of drug-likeness (QED) is 0.725. The predicted molar refractivity (Wildman–Crippen MR) is 101 cm³/mol. The second-order valence-electron chi connectivity index (χ2n) is 6.28. The average Bonchev–Trinajstić information content (AvgIpc) is 3.15. The molecule has 1 amide bonds. The van der Waals surface area contributed by atoms with Crippen molar-refractivity contribution in [2.75, 3.05) is 12.3 Å². The van der Waals surface area contributed by atoms with Crippen LogP contribution in [0.3, 0.4) is 0 Å². The van der Waals surface area contributed by atoms with Crippen molar-refractivity contribution in [2.45, 2.75) is 44.5 Å². The van der Waals surface area contributed by atoms with Gasteiger partial charge in [0, 0.05) is 12.3 Å². The summed E-state index contributed by atoms with van der Waals surface area (Å²) in [5.41, 5.74) is 2.65. The molecule has 134 valence electrons. The van der Waals surface area contributed by atoms with Crippen molar-refractivity contribution < 1.29 is 13.9 Å². The second kappa shape index (κ2) is 8.99. The van der Waals surface area contributed by atoms with Crippen LogP contribution in [-0.2, 0) is 23.4 Å². The van der Waals surface area contributed by atoms with Crippen LogP contribution in [0.15, 0.2) is 41.0 Å². The lowest BCUT2D eigenvalue weighted by molar-refractivity contribution is -0.127. The van der Waals surface area contributed by atoms with Gasteiger partial charge in [-0.1, -0.05) is 12.1 Å². The first-order valence-corrected chi connectivity index (χ1v) is 10.0. The molecule has 1 atom stereocenters. The van der Waals surface area contributed by atoms with E-state index in [0.717, 1.165) is 35.9 Å². The fourth-order valence-corrected chi connectivity index (χ4v) is 3.81. The molecule has 0 unspecified atom stereocenters. The van der Waals surface area contributed by atoms with Gasteiger partial charge < -0.3 is 14.5 Å². The molecule has 0 bridgehead atoms. The van der Waals surface area contributed by atoms with Crippen LogP contribution in [-0.4, -0.2) is 24.3 Å². The van der Waals surface area contributed by atoms with Crippen LogP contribution in [0.2, 0.25) is 0 Å². The van der Waals surface area contributed by atoms with Gasteiger partial charge in [-0.25, -0.2) is 0 Å². The molecule has 1 aliphatic rings. The molecule has 0 radical (unpaired) electrons. The first-order chi connectivity index (χ1) is 12.2. The van der Waals surface area contributed by atoms with Gasteiger partial charge in [-0.15, -0.1) is 0 Å². The van der Waals surface area contributed by atoms with Crippen LogP contribution in [0.4, 0.5) is 0 Å². The third kappa shape index (κ3) is 5.05. The number of amides is 1. The summed E-state index contributed by atoms with van der Waals surface area (Å²) in [6.07, 6.45) is 5.79. The van der Waals surface area contributed by atoms with Gasteiger partial charge in [0.2, 0.25) is 0 Å². The van der Waals surface area contributed by atoms with Gasteiger partial charge in [0.25, 0.3) is 5.91 Å². The maximum atomic E-state index is 12.2. The Bertz CT molecular complexity index is 684. The Hall–Kier alpha value is -1.88. The third-order valence-electron chi connectivity index (χ3n) is 4.40. The van der Waals surface area contributed by atoms with Gasteiger partial charge in [0.15, 0.2) is 6.10 Å².